The highest BCUT2D eigenvalue weighted by molar-refractivity contribution is 7.13. The standard InChI is InChI=1S/C16H16N2OS/c1-10(15-9-20-16(17)18-15)11-3-4-13-8-14(19-2)6-5-12(13)7-11/h3-10H,1-2H3,(H2,17,18)/t10-/m0/s1. The number of rotatable bonds is 3. The van der Waals surface area contributed by atoms with Gasteiger partial charge in [-0.25, -0.2) is 4.98 Å². The molecule has 0 aliphatic rings. The zero-order valence-electron chi connectivity index (χ0n) is 11.5. The van der Waals surface area contributed by atoms with Crippen molar-refractivity contribution in [2.75, 3.05) is 12.8 Å². The molecule has 0 radical (unpaired) electrons. The number of nitrogens with two attached hydrogens (primary N) is 1. The second-order valence-corrected chi connectivity index (χ2v) is 5.69. The molecule has 1 heterocycles. The van der Waals surface area contributed by atoms with Crippen molar-refractivity contribution in [2.24, 2.45) is 0 Å². The number of anilines is 1. The van der Waals surface area contributed by atoms with Gasteiger partial charge in [0.1, 0.15) is 5.75 Å². The predicted octanol–water partition coefficient (Wildman–Crippen LogP) is 4.04. The second-order valence-electron chi connectivity index (χ2n) is 4.80. The van der Waals surface area contributed by atoms with Gasteiger partial charge in [-0.1, -0.05) is 31.2 Å². The average Bonchev–Trinajstić information content (AvgIpc) is 2.92. The van der Waals surface area contributed by atoms with Crippen LogP contribution in [0.1, 0.15) is 24.1 Å². The van der Waals surface area contributed by atoms with E-state index in [1.807, 2.05) is 17.5 Å². The fourth-order valence-electron chi connectivity index (χ4n) is 2.31. The van der Waals surface area contributed by atoms with Gasteiger partial charge in [-0.05, 0) is 28.5 Å². The summed E-state index contributed by atoms with van der Waals surface area (Å²) in [6.07, 6.45) is 0. The quantitative estimate of drug-likeness (QED) is 0.789. The largest absolute Gasteiger partial charge is 0.497 e. The van der Waals surface area contributed by atoms with Crippen LogP contribution in [0.15, 0.2) is 41.8 Å². The van der Waals surface area contributed by atoms with Crippen molar-refractivity contribution in [3.05, 3.63) is 53.0 Å². The Hall–Kier alpha value is -2.07. The number of aromatic nitrogens is 1. The molecule has 102 valence electrons. The molecule has 1 atom stereocenters. The van der Waals surface area contributed by atoms with E-state index >= 15 is 0 Å². The molecule has 0 saturated heterocycles. The van der Waals surface area contributed by atoms with Crippen LogP contribution < -0.4 is 10.5 Å². The molecule has 0 aliphatic carbocycles. The molecule has 2 aromatic carbocycles. The van der Waals surface area contributed by atoms with Gasteiger partial charge >= 0.3 is 0 Å². The highest BCUT2D eigenvalue weighted by Crippen LogP contribution is 2.29. The Labute approximate surface area is 122 Å². The third kappa shape index (κ3) is 2.34. The summed E-state index contributed by atoms with van der Waals surface area (Å²) < 4.78 is 5.25. The van der Waals surface area contributed by atoms with Crippen molar-refractivity contribution in [1.29, 1.82) is 0 Å². The van der Waals surface area contributed by atoms with Gasteiger partial charge in [0.15, 0.2) is 5.13 Å². The maximum absolute atomic E-state index is 5.71. The Morgan fingerprint density at radius 2 is 1.90 bits per heavy atom. The number of fused-ring (bicyclic) bond motifs is 1. The normalized spacial score (nSPS) is 12.5. The SMILES string of the molecule is COc1ccc2cc([C@H](C)c3csc(N)n3)ccc2c1. The number of nitrogens with zero attached hydrogens (tertiary/aromatic N) is 1. The molecule has 0 unspecified atom stereocenters. The Kier molecular flexibility index (Phi) is 3.32. The summed E-state index contributed by atoms with van der Waals surface area (Å²) in [4.78, 5) is 4.37. The summed E-state index contributed by atoms with van der Waals surface area (Å²) in [5.74, 6) is 1.13. The molecular weight excluding hydrogens is 268 g/mol. The molecule has 4 heteroatoms. The number of hydrogen-bond acceptors (Lipinski definition) is 4. The van der Waals surface area contributed by atoms with Gasteiger partial charge in [-0.2, -0.15) is 0 Å². The van der Waals surface area contributed by atoms with Gasteiger partial charge in [0.2, 0.25) is 0 Å². The van der Waals surface area contributed by atoms with Crippen LogP contribution in [-0.2, 0) is 0 Å². The van der Waals surface area contributed by atoms with E-state index in [-0.39, 0.29) is 5.92 Å². The first-order valence-electron chi connectivity index (χ1n) is 6.46. The Bertz CT molecular complexity index is 751. The van der Waals surface area contributed by atoms with Crippen LogP contribution >= 0.6 is 11.3 Å². The van der Waals surface area contributed by atoms with Crippen LogP contribution in [0.5, 0.6) is 5.75 Å². The van der Waals surface area contributed by atoms with E-state index < -0.39 is 0 Å². The molecule has 1 aromatic heterocycles. The van der Waals surface area contributed by atoms with E-state index in [9.17, 15) is 0 Å². The smallest absolute Gasteiger partial charge is 0.180 e. The summed E-state index contributed by atoms with van der Waals surface area (Å²) in [5, 5.41) is 5.03. The van der Waals surface area contributed by atoms with E-state index in [4.69, 9.17) is 10.5 Å². The third-order valence-electron chi connectivity index (χ3n) is 3.55. The number of methoxy groups -OCH3 is 1. The molecule has 0 amide bonds. The van der Waals surface area contributed by atoms with E-state index in [2.05, 4.69) is 36.2 Å². The van der Waals surface area contributed by atoms with E-state index in [1.54, 1.807) is 7.11 Å². The van der Waals surface area contributed by atoms with Gasteiger partial charge in [0.25, 0.3) is 0 Å². The molecule has 0 aliphatic heterocycles. The van der Waals surface area contributed by atoms with Gasteiger partial charge in [-0.15, -0.1) is 11.3 Å². The molecule has 0 fully saturated rings. The monoisotopic (exact) mass is 284 g/mol. The third-order valence-corrected chi connectivity index (χ3v) is 4.25. The maximum Gasteiger partial charge on any atom is 0.180 e. The lowest BCUT2D eigenvalue weighted by molar-refractivity contribution is 0.415. The Balaban J connectivity index is 2.00. The van der Waals surface area contributed by atoms with E-state index in [0.717, 1.165) is 11.4 Å². The van der Waals surface area contributed by atoms with Crippen molar-refractivity contribution in [3.63, 3.8) is 0 Å². The fourth-order valence-corrected chi connectivity index (χ4v) is 2.97. The lowest BCUT2D eigenvalue weighted by Gasteiger charge is -2.11. The number of nitrogen functional groups attached to an aromatic ring is 1. The Morgan fingerprint density at radius 1 is 1.15 bits per heavy atom. The number of benzene rings is 2. The summed E-state index contributed by atoms with van der Waals surface area (Å²) in [6, 6.07) is 12.6. The van der Waals surface area contributed by atoms with E-state index in [1.165, 1.54) is 27.7 Å². The topological polar surface area (TPSA) is 48.1 Å². The molecule has 2 N–H and O–H groups in total. The minimum absolute atomic E-state index is 0.245. The lowest BCUT2D eigenvalue weighted by Crippen LogP contribution is -1.97. The first kappa shape index (κ1) is 12.9. The van der Waals surface area contributed by atoms with Gasteiger partial charge in [0, 0.05) is 11.3 Å². The Morgan fingerprint density at radius 3 is 2.60 bits per heavy atom. The number of hydrogen-bond donors (Lipinski definition) is 1. The summed E-state index contributed by atoms with van der Waals surface area (Å²) >= 11 is 1.49. The molecular formula is C16H16N2OS. The van der Waals surface area contributed by atoms with Crippen molar-refractivity contribution < 1.29 is 4.74 Å². The first-order valence-corrected chi connectivity index (χ1v) is 7.34. The molecule has 20 heavy (non-hydrogen) atoms. The van der Waals surface area contributed by atoms with Gasteiger partial charge in [-0.3, -0.25) is 0 Å². The van der Waals surface area contributed by atoms with Gasteiger partial charge in [0.05, 0.1) is 12.8 Å². The minimum atomic E-state index is 0.245. The van der Waals surface area contributed by atoms with Crippen molar-refractivity contribution in [1.82, 2.24) is 4.98 Å². The van der Waals surface area contributed by atoms with E-state index in [0.29, 0.717) is 5.13 Å². The maximum atomic E-state index is 5.71. The summed E-state index contributed by atoms with van der Waals surface area (Å²) in [5.41, 5.74) is 7.98. The molecule has 3 aromatic rings. The predicted molar refractivity (Wildman–Crippen MR) is 84.5 cm³/mol. The van der Waals surface area contributed by atoms with Crippen molar-refractivity contribution >= 4 is 27.2 Å². The highest BCUT2D eigenvalue weighted by Gasteiger charge is 2.12. The van der Waals surface area contributed by atoms with Crippen LogP contribution in [0.3, 0.4) is 0 Å². The zero-order valence-corrected chi connectivity index (χ0v) is 12.3. The minimum Gasteiger partial charge on any atom is -0.497 e. The van der Waals surface area contributed by atoms with Crippen molar-refractivity contribution in [3.8, 4) is 5.75 Å². The zero-order chi connectivity index (χ0) is 14.1. The van der Waals surface area contributed by atoms with Crippen LogP contribution in [0, 0.1) is 0 Å². The van der Waals surface area contributed by atoms with Crippen LogP contribution in [-0.4, -0.2) is 12.1 Å². The summed E-state index contributed by atoms with van der Waals surface area (Å²) in [7, 11) is 1.68. The fraction of sp³-hybridized carbons (Fsp3) is 0.188. The second kappa shape index (κ2) is 5.13. The number of ether oxygens (including phenoxy) is 1. The molecule has 0 bridgehead atoms. The average molecular weight is 284 g/mol. The molecule has 0 saturated carbocycles. The highest BCUT2D eigenvalue weighted by atomic mass is 32.1. The van der Waals surface area contributed by atoms with Crippen LogP contribution in [0.2, 0.25) is 0 Å². The van der Waals surface area contributed by atoms with Gasteiger partial charge < -0.3 is 10.5 Å². The van der Waals surface area contributed by atoms with Crippen molar-refractivity contribution in [2.45, 2.75) is 12.8 Å². The molecule has 3 nitrogen and oxygen atoms in total. The molecule has 3 rings (SSSR count). The first-order chi connectivity index (χ1) is 9.67. The van der Waals surface area contributed by atoms with Crippen LogP contribution in [0.25, 0.3) is 10.8 Å². The lowest BCUT2D eigenvalue weighted by atomic mass is 9.96. The summed E-state index contributed by atoms with van der Waals surface area (Å²) in [6.45, 7) is 2.15. The molecule has 0 spiro atoms. The van der Waals surface area contributed by atoms with Crippen LogP contribution in [0.4, 0.5) is 5.13 Å². The number of thiazole rings is 1.